The van der Waals surface area contributed by atoms with Crippen molar-refractivity contribution in [3.63, 3.8) is 0 Å². The summed E-state index contributed by atoms with van der Waals surface area (Å²) < 4.78 is 34.3. The van der Waals surface area contributed by atoms with Gasteiger partial charge in [-0.05, 0) is 69.9 Å². The summed E-state index contributed by atoms with van der Waals surface area (Å²) >= 11 is 0. The summed E-state index contributed by atoms with van der Waals surface area (Å²) in [5.74, 6) is -0.316. The molecule has 0 radical (unpaired) electrons. The Hall–Kier alpha value is -3.23. The van der Waals surface area contributed by atoms with Crippen molar-refractivity contribution in [2.24, 2.45) is 5.92 Å². The predicted octanol–water partition coefficient (Wildman–Crippen LogP) is 5.14. The number of hydrogen-bond donors (Lipinski definition) is 0. The molecule has 2 heterocycles. The van der Waals surface area contributed by atoms with Crippen LogP contribution in [0.25, 0.3) is 12.2 Å². The van der Waals surface area contributed by atoms with Crippen LogP contribution in [0.5, 0.6) is 0 Å². The van der Waals surface area contributed by atoms with Gasteiger partial charge in [0.1, 0.15) is 5.69 Å². The topological polar surface area (TPSA) is 83.7 Å². The number of aromatic nitrogens is 1. The van der Waals surface area contributed by atoms with Crippen LogP contribution in [0.1, 0.15) is 46.5 Å². The number of carbonyl (C=O) groups excluding carboxylic acids is 1. The van der Waals surface area contributed by atoms with Crippen LogP contribution in [-0.2, 0) is 14.8 Å². The van der Waals surface area contributed by atoms with Crippen LogP contribution in [0.15, 0.2) is 51.9 Å². The summed E-state index contributed by atoms with van der Waals surface area (Å²) in [7, 11) is -2.17. The third-order valence-corrected chi connectivity index (χ3v) is 8.79. The van der Waals surface area contributed by atoms with E-state index in [1.165, 1.54) is 4.31 Å². The Morgan fingerprint density at radius 3 is 2.47 bits per heavy atom. The van der Waals surface area contributed by atoms with E-state index < -0.39 is 15.9 Å². The lowest BCUT2D eigenvalue weighted by atomic mass is 9.98. The van der Waals surface area contributed by atoms with Crippen molar-refractivity contribution >= 4 is 33.8 Å². The molecule has 7 nitrogen and oxygen atoms in total. The second kappa shape index (κ2) is 10.4. The van der Waals surface area contributed by atoms with Crippen LogP contribution in [-0.4, -0.2) is 43.9 Å². The molecule has 0 spiro atoms. The van der Waals surface area contributed by atoms with Gasteiger partial charge in [0, 0.05) is 25.8 Å². The molecule has 1 fully saturated rings. The fraction of sp³-hybridized carbons (Fsp3) is 0.357. The smallest absolute Gasteiger partial charge is 0.248 e. The molecule has 4 rings (SSSR count). The van der Waals surface area contributed by atoms with Crippen molar-refractivity contribution in [2.45, 2.75) is 45.4 Å². The Kier molecular flexibility index (Phi) is 7.47. The Morgan fingerprint density at radius 1 is 1.06 bits per heavy atom. The van der Waals surface area contributed by atoms with Crippen LogP contribution in [0.3, 0.4) is 0 Å². The molecular formula is C28H33N3O4S. The molecule has 8 heteroatoms. The second-order valence-corrected chi connectivity index (χ2v) is 11.5. The van der Waals surface area contributed by atoms with Gasteiger partial charge < -0.3 is 9.42 Å². The average molecular weight is 508 g/mol. The van der Waals surface area contributed by atoms with Gasteiger partial charge in [-0.2, -0.15) is 4.31 Å². The van der Waals surface area contributed by atoms with Gasteiger partial charge in [0.25, 0.3) is 0 Å². The molecule has 1 aromatic heterocycles. The standard InChI is InChI=1S/C28H33N3O4S/c1-19-9-13-25(14-10-19)30(5)28(32)24-7-6-16-31(18-24)36(33,34)27-22(4)29-35-26(27)15-12-23-17-20(2)8-11-21(23)3/h8-15,17,24H,6-7,16,18H2,1-5H3. The third-order valence-electron chi connectivity index (χ3n) is 6.77. The van der Waals surface area contributed by atoms with E-state index in [0.29, 0.717) is 25.1 Å². The highest BCUT2D eigenvalue weighted by Crippen LogP contribution is 2.30. The van der Waals surface area contributed by atoms with E-state index in [2.05, 4.69) is 5.16 Å². The monoisotopic (exact) mass is 507 g/mol. The molecule has 0 bridgehead atoms. The quantitative estimate of drug-likeness (QED) is 0.461. The first-order valence-electron chi connectivity index (χ1n) is 12.1. The molecule has 1 amide bonds. The van der Waals surface area contributed by atoms with Gasteiger partial charge in [-0.1, -0.05) is 52.7 Å². The molecule has 190 valence electrons. The normalized spacial score (nSPS) is 17.0. The summed E-state index contributed by atoms with van der Waals surface area (Å²) in [5, 5.41) is 3.95. The highest BCUT2D eigenvalue weighted by molar-refractivity contribution is 7.89. The Bertz CT molecular complexity index is 1390. The van der Waals surface area contributed by atoms with E-state index in [1.807, 2.05) is 69.3 Å². The number of rotatable bonds is 6. The van der Waals surface area contributed by atoms with Crippen LogP contribution in [0.4, 0.5) is 5.69 Å². The van der Waals surface area contributed by atoms with Crippen LogP contribution < -0.4 is 4.90 Å². The SMILES string of the molecule is Cc1ccc(N(C)C(=O)C2CCCN(S(=O)(=O)c3c(C)noc3C=Cc3cc(C)ccc3C)C2)cc1. The first-order valence-corrected chi connectivity index (χ1v) is 13.6. The number of piperidine rings is 1. The number of sulfonamides is 1. The molecule has 1 aliphatic heterocycles. The predicted molar refractivity (Wildman–Crippen MR) is 142 cm³/mol. The third kappa shape index (κ3) is 5.29. The van der Waals surface area contributed by atoms with Crippen LogP contribution >= 0.6 is 0 Å². The summed E-state index contributed by atoms with van der Waals surface area (Å²) in [6, 6.07) is 13.8. The Morgan fingerprint density at radius 2 is 1.75 bits per heavy atom. The summed E-state index contributed by atoms with van der Waals surface area (Å²) in [6.45, 7) is 8.11. The van der Waals surface area contributed by atoms with Crippen molar-refractivity contribution in [1.82, 2.24) is 9.46 Å². The maximum atomic E-state index is 13.7. The number of anilines is 1. The minimum atomic E-state index is -3.91. The molecule has 0 aliphatic carbocycles. The Labute approximate surface area is 213 Å². The van der Waals surface area contributed by atoms with Gasteiger partial charge in [-0.25, -0.2) is 8.42 Å². The van der Waals surface area contributed by atoms with Gasteiger partial charge in [-0.15, -0.1) is 0 Å². The van der Waals surface area contributed by atoms with Crippen molar-refractivity contribution in [3.05, 3.63) is 76.2 Å². The fourth-order valence-electron chi connectivity index (χ4n) is 4.56. The van der Waals surface area contributed by atoms with E-state index in [4.69, 9.17) is 4.52 Å². The van der Waals surface area contributed by atoms with Gasteiger partial charge in [0.2, 0.25) is 15.9 Å². The number of benzene rings is 2. The summed E-state index contributed by atoms with van der Waals surface area (Å²) in [5.41, 5.74) is 5.38. The zero-order chi connectivity index (χ0) is 26.0. The molecular weight excluding hydrogens is 474 g/mol. The zero-order valence-corrected chi connectivity index (χ0v) is 22.3. The molecule has 0 N–H and O–H groups in total. The molecule has 1 aliphatic rings. The van der Waals surface area contributed by atoms with Gasteiger partial charge in [0.15, 0.2) is 10.7 Å². The number of carbonyl (C=O) groups is 1. The Balaban J connectivity index is 1.57. The number of amides is 1. The fourth-order valence-corrected chi connectivity index (χ4v) is 6.34. The number of hydrogen-bond acceptors (Lipinski definition) is 5. The number of aryl methyl sites for hydroxylation is 4. The van der Waals surface area contributed by atoms with Crippen molar-refractivity contribution in [1.29, 1.82) is 0 Å². The molecule has 1 atom stereocenters. The average Bonchev–Trinajstić information content (AvgIpc) is 3.25. The first kappa shape index (κ1) is 25.9. The molecule has 0 saturated carbocycles. The lowest BCUT2D eigenvalue weighted by molar-refractivity contribution is -0.123. The molecule has 36 heavy (non-hydrogen) atoms. The molecule has 1 saturated heterocycles. The van der Waals surface area contributed by atoms with Crippen LogP contribution in [0.2, 0.25) is 0 Å². The van der Waals surface area contributed by atoms with Gasteiger partial charge in [0.05, 0.1) is 5.92 Å². The van der Waals surface area contributed by atoms with E-state index in [-0.39, 0.29) is 23.1 Å². The van der Waals surface area contributed by atoms with E-state index >= 15 is 0 Å². The molecule has 2 aromatic carbocycles. The maximum absolute atomic E-state index is 13.7. The maximum Gasteiger partial charge on any atom is 0.248 e. The van der Waals surface area contributed by atoms with Crippen molar-refractivity contribution in [3.8, 4) is 0 Å². The second-order valence-electron chi connectivity index (χ2n) is 9.59. The summed E-state index contributed by atoms with van der Waals surface area (Å²) in [4.78, 5) is 14.9. The minimum Gasteiger partial charge on any atom is -0.355 e. The largest absolute Gasteiger partial charge is 0.355 e. The van der Waals surface area contributed by atoms with E-state index in [1.54, 1.807) is 24.9 Å². The van der Waals surface area contributed by atoms with Crippen molar-refractivity contribution < 1.29 is 17.7 Å². The highest BCUT2D eigenvalue weighted by Gasteiger charge is 2.37. The first-order chi connectivity index (χ1) is 17.1. The lowest BCUT2D eigenvalue weighted by Crippen LogP contribution is -2.46. The molecule has 1 unspecified atom stereocenters. The van der Waals surface area contributed by atoms with E-state index in [9.17, 15) is 13.2 Å². The lowest BCUT2D eigenvalue weighted by Gasteiger charge is -2.33. The summed E-state index contributed by atoms with van der Waals surface area (Å²) in [6.07, 6.45) is 4.76. The van der Waals surface area contributed by atoms with E-state index in [0.717, 1.165) is 27.9 Å². The molecule has 3 aromatic rings. The van der Waals surface area contributed by atoms with Gasteiger partial charge in [-0.3, -0.25) is 4.79 Å². The zero-order valence-electron chi connectivity index (χ0n) is 21.5. The minimum absolute atomic E-state index is 0.0593. The van der Waals surface area contributed by atoms with Crippen molar-refractivity contribution in [2.75, 3.05) is 25.0 Å². The van der Waals surface area contributed by atoms with Gasteiger partial charge >= 0.3 is 0 Å². The highest BCUT2D eigenvalue weighted by atomic mass is 32.2. The number of nitrogens with zero attached hydrogens (tertiary/aromatic N) is 3. The van der Waals surface area contributed by atoms with Crippen LogP contribution in [0, 0.1) is 33.6 Å².